The molecule has 0 aliphatic rings. The molecule has 0 saturated heterocycles. The molecule has 0 aliphatic heterocycles. The van der Waals surface area contributed by atoms with Crippen LogP contribution in [0, 0.1) is 11.7 Å². The summed E-state index contributed by atoms with van der Waals surface area (Å²) in [4.78, 5) is 27.6. The molecular weight excluding hydrogens is 435 g/mol. The molecule has 4 nitrogen and oxygen atoms in total. The van der Waals surface area contributed by atoms with Gasteiger partial charge in [0.1, 0.15) is 11.9 Å². The molecule has 168 valence electrons. The van der Waals surface area contributed by atoms with Gasteiger partial charge in [-0.25, -0.2) is 4.39 Å². The molecular formula is C24H30ClFN2O2S. The van der Waals surface area contributed by atoms with Crippen LogP contribution in [-0.4, -0.2) is 35.1 Å². The highest BCUT2D eigenvalue weighted by Crippen LogP contribution is 2.19. The molecule has 1 N–H and O–H groups in total. The van der Waals surface area contributed by atoms with Crippen molar-refractivity contribution in [3.05, 3.63) is 70.5 Å². The van der Waals surface area contributed by atoms with E-state index in [4.69, 9.17) is 11.6 Å². The minimum absolute atomic E-state index is 0.103. The summed E-state index contributed by atoms with van der Waals surface area (Å²) >= 11 is 7.44. The first kappa shape index (κ1) is 25.2. The first-order valence-electron chi connectivity index (χ1n) is 10.4. The lowest BCUT2D eigenvalue weighted by atomic mass is 10.1. The van der Waals surface area contributed by atoms with Crippen LogP contribution in [0.25, 0.3) is 0 Å². The molecule has 0 saturated carbocycles. The van der Waals surface area contributed by atoms with E-state index in [0.29, 0.717) is 36.2 Å². The number of benzene rings is 2. The first-order chi connectivity index (χ1) is 14.8. The van der Waals surface area contributed by atoms with Crippen LogP contribution < -0.4 is 5.32 Å². The predicted octanol–water partition coefficient (Wildman–Crippen LogP) is 5.29. The van der Waals surface area contributed by atoms with Gasteiger partial charge in [-0.3, -0.25) is 9.59 Å². The van der Waals surface area contributed by atoms with Gasteiger partial charge in [0.05, 0.1) is 5.75 Å². The molecule has 0 spiro atoms. The van der Waals surface area contributed by atoms with E-state index in [-0.39, 0.29) is 23.4 Å². The van der Waals surface area contributed by atoms with Crippen molar-refractivity contribution in [2.45, 2.75) is 45.5 Å². The van der Waals surface area contributed by atoms with Crippen LogP contribution >= 0.6 is 23.4 Å². The maximum absolute atomic E-state index is 13.1. The van der Waals surface area contributed by atoms with Crippen molar-refractivity contribution < 1.29 is 14.0 Å². The first-order valence-corrected chi connectivity index (χ1v) is 12.0. The largest absolute Gasteiger partial charge is 0.354 e. The van der Waals surface area contributed by atoms with E-state index in [2.05, 4.69) is 5.32 Å². The van der Waals surface area contributed by atoms with Crippen molar-refractivity contribution in [3.63, 3.8) is 0 Å². The van der Waals surface area contributed by atoms with Crippen LogP contribution in [-0.2, 0) is 21.9 Å². The van der Waals surface area contributed by atoms with Crippen LogP contribution in [0.1, 0.15) is 38.3 Å². The maximum atomic E-state index is 13.1. The molecule has 2 rings (SSSR count). The highest BCUT2D eigenvalue weighted by atomic mass is 35.5. The number of rotatable bonds is 11. The number of nitrogens with one attached hydrogen (secondary N) is 1. The monoisotopic (exact) mass is 464 g/mol. The van der Waals surface area contributed by atoms with Crippen molar-refractivity contribution >= 4 is 35.2 Å². The standard InChI is InChI=1S/C24H30ClFN2O2S/c1-4-22(24(30)27-13-17(2)3)28(14-18-5-9-20(25)10-6-18)23(29)16-31-15-19-7-11-21(26)12-8-19/h5-12,17,22H,4,13-16H2,1-3H3,(H,27,30)/t22-/m1/s1. The summed E-state index contributed by atoms with van der Waals surface area (Å²) in [7, 11) is 0. The number of hydrogen-bond acceptors (Lipinski definition) is 3. The average Bonchev–Trinajstić information content (AvgIpc) is 2.74. The van der Waals surface area contributed by atoms with Gasteiger partial charge in [-0.1, -0.05) is 56.6 Å². The van der Waals surface area contributed by atoms with Gasteiger partial charge in [-0.15, -0.1) is 11.8 Å². The van der Waals surface area contributed by atoms with Gasteiger partial charge in [0.15, 0.2) is 0 Å². The van der Waals surface area contributed by atoms with E-state index < -0.39 is 6.04 Å². The number of halogens is 2. The van der Waals surface area contributed by atoms with Gasteiger partial charge >= 0.3 is 0 Å². The molecule has 0 aliphatic carbocycles. The Hall–Kier alpha value is -2.05. The molecule has 0 bridgehead atoms. The Morgan fingerprint density at radius 3 is 2.26 bits per heavy atom. The second-order valence-electron chi connectivity index (χ2n) is 7.83. The Bertz CT molecular complexity index is 844. The second-order valence-corrected chi connectivity index (χ2v) is 9.25. The van der Waals surface area contributed by atoms with Crippen LogP contribution in [0.2, 0.25) is 5.02 Å². The molecule has 31 heavy (non-hydrogen) atoms. The third kappa shape index (κ3) is 8.54. The Morgan fingerprint density at radius 2 is 1.68 bits per heavy atom. The third-order valence-corrected chi connectivity index (χ3v) is 5.98. The summed E-state index contributed by atoms with van der Waals surface area (Å²) in [6.07, 6.45) is 0.520. The summed E-state index contributed by atoms with van der Waals surface area (Å²) in [6.45, 7) is 6.87. The molecule has 2 aromatic rings. The van der Waals surface area contributed by atoms with Gasteiger partial charge in [0.2, 0.25) is 11.8 Å². The van der Waals surface area contributed by atoms with Gasteiger partial charge < -0.3 is 10.2 Å². The minimum Gasteiger partial charge on any atom is -0.354 e. The fourth-order valence-corrected chi connectivity index (χ4v) is 4.04. The molecule has 7 heteroatoms. The lowest BCUT2D eigenvalue weighted by Gasteiger charge is -2.31. The molecule has 0 radical (unpaired) electrons. The zero-order valence-electron chi connectivity index (χ0n) is 18.2. The highest BCUT2D eigenvalue weighted by molar-refractivity contribution is 7.99. The fourth-order valence-electron chi connectivity index (χ4n) is 3.05. The molecule has 2 aromatic carbocycles. The van der Waals surface area contributed by atoms with Crippen molar-refractivity contribution in [2.75, 3.05) is 12.3 Å². The topological polar surface area (TPSA) is 49.4 Å². The summed E-state index contributed by atoms with van der Waals surface area (Å²) < 4.78 is 13.1. The quantitative estimate of drug-likeness (QED) is 0.491. The predicted molar refractivity (Wildman–Crippen MR) is 126 cm³/mol. The van der Waals surface area contributed by atoms with E-state index in [1.165, 1.54) is 23.9 Å². The molecule has 0 heterocycles. The Kier molecular flexibility index (Phi) is 10.3. The van der Waals surface area contributed by atoms with E-state index in [9.17, 15) is 14.0 Å². The van der Waals surface area contributed by atoms with Gasteiger partial charge in [0.25, 0.3) is 0 Å². The lowest BCUT2D eigenvalue weighted by molar-refractivity contribution is -0.139. The van der Waals surface area contributed by atoms with Crippen LogP contribution in [0.15, 0.2) is 48.5 Å². The minimum atomic E-state index is -0.548. The number of thioether (sulfide) groups is 1. The third-order valence-electron chi connectivity index (χ3n) is 4.74. The Labute approximate surface area is 193 Å². The number of amides is 2. The maximum Gasteiger partial charge on any atom is 0.242 e. The normalized spacial score (nSPS) is 11.9. The molecule has 0 unspecified atom stereocenters. The van der Waals surface area contributed by atoms with Gasteiger partial charge in [0, 0.05) is 23.9 Å². The van der Waals surface area contributed by atoms with Crippen LogP contribution in [0.3, 0.4) is 0 Å². The summed E-state index contributed by atoms with van der Waals surface area (Å²) in [5.74, 6) is 0.636. The van der Waals surface area contributed by atoms with Crippen LogP contribution in [0.4, 0.5) is 4.39 Å². The van der Waals surface area contributed by atoms with Crippen LogP contribution in [0.5, 0.6) is 0 Å². The summed E-state index contributed by atoms with van der Waals surface area (Å²) in [5, 5.41) is 3.58. The molecule has 2 amide bonds. The second kappa shape index (κ2) is 12.7. The van der Waals surface area contributed by atoms with Crippen molar-refractivity contribution in [3.8, 4) is 0 Å². The lowest BCUT2D eigenvalue weighted by Crippen LogP contribution is -2.50. The van der Waals surface area contributed by atoms with E-state index in [0.717, 1.165) is 11.1 Å². The van der Waals surface area contributed by atoms with E-state index in [1.54, 1.807) is 29.2 Å². The molecule has 0 fully saturated rings. The molecule has 1 atom stereocenters. The van der Waals surface area contributed by atoms with Crippen molar-refractivity contribution in [1.82, 2.24) is 10.2 Å². The van der Waals surface area contributed by atoms with E-state index >= 15 is 0 Å². The van der Waals surface area contributed by atoms with Gasteiger partial charge in [-0.2, -0.15) is 0 Å². The van der Waals surface area contributed by atoms with Gasteiger partial charge in [-0.05, 0) is 47.7 Å². The van der Waals surface area contributed by atoms with E-state index in [1.807, 2.05) is 32.9 Å². The Balaban J connectivity index is 2.10. The number of hydrogen-bond donors (Lipinski definition) is 1. The summed E-state index contributed by atoms with van der Waals surface area (Å²) in [6, 6.07) is 13.0. The van der Waals surface area contributed by atoms with Crippen molar-refractivity contribution in [2.24, 2.45) is 5.92 Å². The fraction of sp³-hybridized carbons (Fsp3) is 0.417. The number of nitrogens with zero attached hydrogens (tertiary/aromatic N) is 1. The Morgan fingerprint density at radius 1 is 1.06 bits per heavy atom. The zero-order valence-corrected chi connectivity index (χ0v) is 19.8. The smallest absolute Gasteiger partial charge is 0.242 e. The SMILES string of the molecule is CC[C@H](C(=O)NCC(C)C)N(Cc1ccc(Cl)cc1)C(=O)CSCc1ccc(F)cc1. The van der Waals surface area contributed by atoms with Crippen molar-refractivity contribution in [1.29, 1.82) is 0 Å². The number of carbonyl (C=O) groups is 2. The molecule has 0 aromatic heterocycles. The average molecular weight is 465 g/mol. The summed E-state index contributed by atoms with van der Waals surface area (Å²) in [5.41, 5.74) is 1.86. The zero-order chi connectivity index (χ0) is 22.8. The number of carbonyl (C=O) groups excluding carboxylic acids is 2. The highest BCUT2D eigenvalue weighted by Gasteiger charge is 2.28.